The zero-order valence-electron chi connectivity index (χ0n) is 69.5. The number of carboxylic acid groups (broad SMARTS) is 1. The fraction of sp³-hybridized carbons (Fsp3) is 0.643. The molecular formula is C98H162NO8+. The van der Waals surface area contributed by atoms with E-state index in [1.165, 1.54) is 167 Å². The quantitative estimate of drug-likeness (QED) is 0.0211. The van der Waals surface area contributed by atoms with Gasteiger partial charge in [-0.15, -0.1) is 0 Å². The third-order valence-corrected chi connectivity index (χ3v) is 18.3. The normalized spacial score (nSPS) is 13.6. The Kier molecular flexibility index (Phi) is 81.0. The van der Waals surface area contributed by atoms with Crippen LogP contribution in [0.15, 0.2) is 194 Å². The van der Waals surface area contributed by atoms with Crippen molar-refractivity contribution in [3.8, 4) is 0 Å². The minimum absolute atomic E-state index is 0.175. The summed E-state index contributed by atoms with van der Waals surface area (Å²) in [6, 6.07) is 0. The van der Waals surface area contributed by atoms with Crippen LogP contribution in [0.3, 0.4) is 0 Å². The van der Waals surface area contributed by atoms with E-state index in [0.29, 0.717) is 23.9 Å². The molecule has 0 saturated heterocycles. The number of unbranched alkanes of at least 4 members (excludes halogenated alkanes) is 32. The Morgan fingerprint density at radius 3 is 0.748 bits per heavy atom. The molecule has 0 rings (SSSR count). The molecule has 0 amide bonds. The maximum atomic E-state index is 13.0. The van der Waals surface area contributed by atoms with Crippen molar-refractivity contribution in [1.29, 1.82) is 0 Å². The molecule has 0 bridgehead atoms. The molecule has 2 atom stereocenters. The SMILES string of the molecule is CC/C=C\C/C=C\C/C=C\C/C=C\C/C=C\C/C=C\C/C=C\C/C=C\C/C=C\C/C=C\C/C=C\C/C=C\CCCCCCC(=O)OC(COC(=O)CCCCCCCCCCCCCCCCCCCCCCCCCCCCCC/C=C\C/C=C\C/C=C\C/C=C\CC)COC(OCC[N+](C)(C)C)C(=O)O. The molecule has 0 aromatic heterocycles. The first kappa shape index (κ1) is 101. The first-order valence-corrected chi connectivity index (χ1v) is 43.6. The molecule has 0 aromatic rings. The van der Waals surface area contributed by atoms with Crippen molar-refractivity contribution in [3.63, 3.8) is 0 Å². The van der Waals surface area contributed by atoms with Crippen LogP contribution >= 0.6 is 0 Å². The third kappa shape index (κ3) is 87.2. The second kappa shape index (κ2) is 85.7. The highest BCUT2D eigenvalue weighted by atomic mass is 16.7. The minimum Gasteiger partial charge on any atom is -0.477 e. The van der Waals surface area contributed by atoms with Gasteiger partial charge in [0, 0.05) is 12.8 Å². The molecule has 9 nitrogen and oxygen atoms in total. The summed E-state index contributed by atoms with van der Waals surface area (Å²) < 4.78 is 23.0. The monoisotopic (exact) mass is 1480 g/mol. The second-order valence-electron chi connectivity index (χ2n) is 29.7. The predicted molar refractivity (Wildman–Crippen MR) is 465 cm³/mol. The van der Waals surface area contributed by atoms with Crippen LogP contribution in [0, 0.1) is 0 Å². The summed E-state index contributed by atoms with van der Waals surface area (Å²) in [5.74, 6) is -2.04. The molecule has 0 aliphatic rings. The molecule has 0 spiro atoms. The smallest absolute Gasteiger partial charge is 0.361 e. The molecule has 606 valence electrons. The predicted octanol–water partition coefficient (Wildman–Crippen LogP) is 28.8. The van der Waals surface area contributed by atoms with Gasteiger partial charge in [-0.25, -0.2) is 4.79 Å². The van der Waals surface area contributed by atoms with E-state index in [1.807, 2.05) is 21.1 Å². The number of esters is 2. The number of hydrogen-bond acceptors (Lipinski definition) is 7. The molecule has 0 aliphatic carbocycles. The molecular weight excluding hydrogens is 1320 g/mol. The number of aliphatic carboxylic acids is 1. The van der Waals surface area contributed by atoms with Crippen molar-refractivity contribution in [2.75, 3.05) is 47.5 Å². The Morgan fingerprint density at radius 2 is 0.505 bits per heavy atom. The van der Waals surface area contributed by atoms with Crippen molar-refractivity contribution >= 4 is 17.9 Å². The molecule has 0 radical (unpaired) electrons. The van der Waals surface area contributed by atoms with Gasteiger partial charge in [0.25, 0.3) is 6.29 Å². The van der Waals surface area contributed by atoms with Crippen molar-refractivity contribution in [1.82, 2.24) is 0 Å². The highest BCUT2D eigenvalue weighted by Crippen LogP contribution is 2.19. The maximum absolute atomic E-state index is 13.0. The first-order valence-electron chi connectivity index (χ1n) is 43.6. The van der Waals surface area contributed by atoms with Gasteiger partial charge in [-0.1, -0.05) is 388 Å². The Balaban J connectivity index is 4.07. The standard InChI is InChI=1S/C98H161NO8/c1-6-8-10-12-14-16-18-20-22-24-26-28-30-32-34-36-38-40-42-44-46-48-50-52-54-56-58-60-62-64-66-68-70-72-74-76-78-80-82-84-86-88-95(100)105-92-94(93-106-98(97(102)103)104-91-90-99(3,4)5)107-96(101)89-87-85-83-81-79-77-75-73-71-69-67-65-63-61-59-57-55-53-51-49-47-45-43-41-39-37-35-33-31-29-27-25-23-21-19-17-15-13-11-9-7-2/h8-11,14-17,20-23,26-29,33,35,39,41,45,47,51,53,57,59,63,65,69,71,75,77,94,98H,6-7,12-13,18-19,24-25,30-32,34,36-38,40,42-44,46,48-50,52,54-56,58,60-62,64,66-68,70,72-74,76,78-93H2,1-5H3/p+1/b10-8-,11-9-,16-14-,17-15-,22-20-,23-21-,28-26-,29-27-,35-33-,41-39-,47-45-,53-51-,59-57-,65-63-,71-69-,77-75-. The van der Waals surface area contributed by atoms with Gasteiger partial charge in [0.1, 0.15) is 13.2 Å². The topological polar surface area (TPSA) is 108 Å². The van der Waals surface area contributed by atoms with E-state index in [0.717, 1.165) is 148 Å². The number of allylic oxidation sites excluding steroid dienone is 32. The molecule has 1 N–H and O–H groups in total. The fourth-order valence-electron chi connectivity index (χ4n) is 11.8. The lowest BCUT2D eigenvalue weighted by molar-refractivity contribution is -0.870. The number of nitrogens with zero attached hydrogens (tertiary/aromatic N) is 1. The molecule has 0 heterocycles. The van der Waals surface area contributed by atoms with Gasteiger partial charge < -0.3 is 28.5 Å². The lowest BCUT2D eigenvalue weighted by Gasteiger charge is -2.25. The average Bonchev–Trinajstić information content (AvgIpc) is 0.965. The molecule has 0 aromatic carbocycles. The van der Waals surface area contributed by atoms with E-state index >= 15 is 0 Å². The second-order valence-corrected chi connectivity index (χ2v) is 29.7. The summed E-state index contributed by atoms with van der Waals surface area (Å²) in [7, 11) is 5.97. The summed E-state index contributed by atoms with van der Waals surface area (Å²) in [5.41, 5.74) is 0. The van der Waals surface area contributed by atoms with Gasteiger partial charge in [0.2, 0.25) is 0 Å². The van der Waals surface area contributed by atoms with Gasteiger partial charge >= 0.3 is 17.9 Å². The molecule has 0 saturated carbocycles. The Hall–Kier alpha value is -5.87. The maximum Gasteiger partial charge on any atom is 0.361 e. The number of quaternary nitrogens is 1. The number of carboxylic acids is 1. The molecule has 2 unspecified atom stereocenters. The third-order valence-electron chi connectivity index (χ3n) is 18.3. The van der Waals surface area contributed by atoms with Crippen LogP contribution < -0.4 is 0 Å². The lowest BCUT2D eigenvalue weighted by Crippen LogP contribution is -2.40. The van der Waals surface area contributed by atoms with Crippen molar-refractivity contribution in [2.45, 2.75) is 360 Å². The molecule has 0 fully saturated rings. The summed E-state index contributed by atoms with van der Waals surface area (Å²) in [6.45, 7) is 4.63. The Labute approximate surface area is 659 Å². The zero-order valence-corrected chi connectivity index (χ0v) is 69.5. The van der Waals surface area contributed by atoms with Gasteiger partial charge in [0.05, 0.1) is 34.4 Å². The van der Waals surface area contributed by atoms with Crippen LogP contribution in [0.4, 0.5) is 0 Å². The fourth-order valence-corrected chi connectivity index (χ4v) is 11.8. The summed E-state index contributed by atoms with van der Waals surface area (Å²) in [5, 5.41) is 9.79. The number of likely N-dealkylation sites (N-methyl/N-ethyl adjacent to an activating group) is 1. The minimum atomic E-state index is -1.53. The van der Waals surface area contributed by atoms with Crippen LogP contribution in [0.25, 0.3) is 0 Å². The van der Waals surface area contributed by atoms with E-state index in [9.17, 15) is 19.5 Å². The van der Waals surface area contributed by atoms with Gasteiger partial charge in [-0.05, 0) is 141 Å². The average molecular weight is 1480 g/mol. The van der Waals surface area contributed by atoms with Crippen LogP contribution in [0.1, 0.15) is 348 Å². The summed E-state index contributed by atoms with van der Waals surface area (Å²) >= 11 is 0. The van der Waals surface area contributed by atoms with E-state index in [1.54, 1.807) is 0 Å². The van der Waals surface area contributed by atoms with Crippen molar-refractivity contribution < 1.29 is 42.9 Å². The highest BCUT2D eigenvalue weighted by Gasteiger charge is 2.25. The van der Waals surface area contributed by atoms with Crippen LogP contribution in [-0.4, -0.2) is 87.4 Å². The van der Waals surface area contributed by atoms with Crippen molar-refractivity contribution in [2.24, 2.45) is 0 Å². The molecule has 107 heavy (non-hydrogen) atoms. The summed E-state index contributed by atoms with van der Waals surface area (Å²) in [6.07, 6.45) is 129. The van der Waals surface area contributed by atoms with Gasteiger partial charge in [-0.2, -0.15) is 0 Å². The largest absolute Gasteiger partial charge is 0.477 e. The van der Waals surface area contributed by atoms with Crippen LogP contribution in [0.2, 0.25) is 0 Å². The zero-order chi connectivity index (χ0) is 77.4. The number of carbonyl (C=O) groups excluding carboxylic acids is 2. The van der Waals surface area contributed by atoms with Gasteiger partial charge in [-0.3, -0.25) is 9.59 Å². The van der Waals surface area contributed by atoms with Crippen molar-refractivity contribution in [3.05, 3.63) is 194 Å². The van der Waals surface area contributed by atoms with E-state index in [2.05, 4.69) is 208 Å². The van der Waals surface area contributed by atoms with Gasteiger partial charge in [0.15, 0.2) is 6.10 Å². The Bertz CT molecular complexity index is 2480. The number of ether oxygens (including phenoxy) is 4. The molecule has 9 heteroatoms. The lowest BCUT2D eigenvalue weighted by atomic mass is 10.0. The highest BCUT2D eigenvalue weighted by molar-refractivity contribution is 5.71. The number of rotatable bonds is 79. The number of hydrogen-bond donors (Lipinski definition) is 1. The van der Waals surface area contributed by atoms with E-state index < -0.39 is 24.3 Å². The first-order chi connectivity index (χ1) is 52.6. The van der Waals surface area contributed by atoms with Crippen LogP contribution in [0.5, 0.6) is 0 Å². The number of carbonyl (C=O) groups is 3. The van der Waals surface area contributed by atoms with Crippen LogP contribution in [-0.2, 0) is 33.3 Å². The Morgan fingerprint density at radius 1 is 0.280 bits per heavy atom. The summed E-state index contributed by atoms with van der Waals surface area (Å²) in [4.78, 5) is 37.8. The van der Waals surface area contributed by atoms with E-state index in [4.69, 9.17) is 18.9 Å². The van der Waals surface area contributed by atoms with E-state index in [-0.39, 0.29) is 32.2 Å². The molecule has 0 aliphatic heterocycles.